The van der Waals surface area contributed by atoms with Crippen LogP contribution >= 0.6 is 23.4 Å². The van der Waals surface area contributed by atoms with Gasteiger partial charge < -0.3 is 31.1 Å². The molecule has 1 saturated heterocycles. The third kappa shape index (κ3) is 6.50. The predicted octanol–water partition coefficient (Wildman–Crippen LogP) is 6.49. The van der Waals surface area contributed by atoms with Gasteiger partial charge in [0.1, 0.15) is 11.9 Å². The zero-order valence-corrected chi connectivity index (χ0v) is 25.8. The summed E-state index contributed by atoms with van der Waals surface area (Å²) in [5.74, 6) is -0.805. The minimum Gasteiger partial charge on any atom is -0.504 e. The summed E-state index contributed by atoms with van der Waals surface area (Å²) in [5.41, 5.74) is 3.93. The molecule has 3 heterocycles. The molecule has 9 nitrogen and oxygen atoms in total. The number of hydrogen-bond donors (Lipinski definition) is 5. The lowest BCUT2D eigenvalue weighted by Crippen LogP contribution is -2.43. The lowest BCUT2D eigenvalue weighted by atomic mass is 10.0. The number of carboxylic acid groups (broad SMARTS) is 1. The second-order valence-electron chi connectivity index (χ2n) is 11.2. The van der Waals surface area contributed by atoms with Crippen LogP contribution in [0.15, 0.2) is 54.9 Å². The molecule has 0 spiro atoms. The first-order valence-corrected chi connectivity index (χ1v) is 16.4. The molecule has 6 rings (SSSR count). The second-order valence-corrected chi connectivity index (χ2v) is 12.6. The number of rotatable bonds is 12. The van der Waals surface area contributed by atoms with Gasteiger partial charge in [0.2, 0.25) is 0 Å². The van der Waals surface area contributed by atoms with Crippen molar-refractivity contribution in [2.24, 2.45) is 0 Å². The van der Waals surface area contributed by atoms with Crippen LogP contribution in [-0.2, 0) is 4.79 Å². The molecule has 2 aromatic heterocycles. The maximum absolute atomic E-state index is 14.5. The van der Waals surface area contributed by atoms with Crippen LogP contribution in [0, 0.1) is 5.82 Å². The minimum atomic E-state index is -0.876. The predicted molar refractivity (Wildman–Crippen MR) is 176 cm³/mol. The Hall–Kier alpha value is -3.80. The first-order chi connectivity index (χ1) is 21.3. The van der Waals surface area contributed by atoms with Crippen molar-refractivity contribution in [3.8, 4) is 16.9 Å². The number of carboxylic acids is 1. The first kappa shape index (κ1) is 30.2. The lowest BCUT2D eigenvalue weighted by Gasteiger charge is -2.33. The van der Waals surface area contributed by atoms with Gasteiger partial charge in [-0.2, -0.15) is 11.8 Å². The van der Waals surface area contributed by atoms with Gasteiger partial charge in [-0.05, 0) is 91.8 Å². The van der Waals surface area contributed by atoms with Gasteiger partial charge in [0.25, 0.3) is 0 Å². The number of nitrogens with one attached hydrogen (secondary N) is 3. The summed E-state index contributed by atoms with van der Waals surface area (Å²) in [6.07, 6.45) is 8.76. The largest absolute Gasteiger partial charge is 0.504 e. The van der Waals surface area contributed by atoms with Crippen molar-refractivity contribution in [2.75, 3.05) is 40.6 Å². The molecule has 0 radical (unpaired) electrons. The third-order valence-corrected chi connectivity index (χ3v) is 9.01. The van der Waals surface area contributed by atoms with E-state index in [0.29, 0.717) is 46.2 Å². The van der Waals surface area contributed by atoms with Crippen molar-refractivity contribution in [1.29, 1.82) is 0 Å². The summed E-state index contributed by atoms with van der Waals surface area (Å²) >= 11 is 7.73. The highest BCUT2D eigenvalue weighted by Crippen LogP contribution is 2.43. The number of fused-ring (bicyclic) bond motifs is 1. The smallest absolute Gasteiger partial charge is 0.326 e. The molecule has 230 valence electrons. The number of anilines is 4. The number of pyridine rings is 2. The molecule has 1 unspecified atom stereocenters. The van der Waals surface area contributed by atoms with E-state index in [1.807, 2.05) is 41.5 Å². The van der Waals surface area contributed by atoms with Crippen molar-refractivity contribution in [2.45, 2.75) is 43.8 Å². The Bertz CT molecular complexity index is 1640. The molecule has 12 heteroatoms. The molecule has 1 aliphatic heterocycles. The Morgan fingerprint density at radius 3 is 2.66 bits per heavy atom. The van der Waals surface area contributed by atoms with Crippen molar-refractivity contribution in [1.82, 2.24) is 15.3 Å². The van der Waals surface area contributed by atoms with Crippen LogP contribution in [0.4, 0.5) is 27.3 Å². The van der Waals surface area contributed by atoms with E-state index in [-0.39, 0.29) is 11.1 Å². The molecular formula is C32H34ClFN6O3S. The highest BCUT2D eigenvalue weighted by molar-refractivity contribution is 7.98. The zero-order chi connectivity index (χ0) is 30.8. The summed E-state index contributed by atoms with van der Waals surface area (Å²) in [6, 6.07) is 11.8. The van der Waals surface area contributed by atoms with E-state index in [2.05, 4.69) is 20.9 Å². The van der Waals surface area contributed by atoms with Gasteiger partial charge in [-0.25, -0.2) is 14.2 Å². The van der Waals surface area contributed by atoms with Crippen molar-refractivity contribution in [3.63, 3.8) is 0 Å². The van der Waals surface area contributed by atoms with Crippen LogP contribution in [-0.4, -0.2) is 69.4 Å². The van der Waals surface area contributed by atoms with Gasteiger partial charge in [0.05, 0.1) is 40.0 Å². The summed E-state index contributed by atoms with van der Waals surface area (Å²) in [5, 5.41) is 31.2. The first-order valence-electron chi connectivity index (χ1n) is 14.6. The van der Waals surface area contributed by atoms with Crippen LogP contribution in [0.25, 0.3) is 22.0 Å². The van der Waals surface area contributed by atoms with E-state index in [0.717, 1.165) is 49.2 Å². The van der Waals surface area contributed by atoms with Crippen molar-refractivity contribution >= 4 is 63.1 Å². The standard InChI is InChI=1S/C32H34ClFN6O3S/c1-44-11-9-27(32(42)43)40(22-4-5-22)28-17-36-26-6-2-18(19-13-24(33)31(41)25(34)14-19)12-23(26)30(28)39-20-3-7-29(37-16-20)38-21-8-10-35-15-21/h2-3,6-7,12-14,16-17,21-22,27,35,41H,4-5,8-11,15H2,1H3,(H,36,39)(H,37,38)(H,42,43)/t21?,27-/m0/s1. The maximum atomic E-state index is 14.5. The highest BCUT2D eigenvalue weighted by atomic mass is 35.5. The maximum Gasteiger partial charge on any atom is 0.326 e. The normalized spacial score (nSPS) is 17.0. The number of hydrogen-bond acceptors (Lipinski definition) is 9. The van der Waals surface area contributed by atoms with Crippen LogP contribution in [0.3, 0.4) is 0 Å². The molecular weight excluding hydrogens is 603 g/mol. The van der Waals surface area contributed by atoms with E-state index in [9.17, 15) is 19.4 Å². The van der Waals surface area contributed by atoms with Crippen molar-refractivity contribution < 1.29 is 19.4 Å². The summed E-state index contributed by atoms with van der Waals surface area (Å²) < 4.78 is 14.5. The number of benzene rings is 2. The number of phenolic OH excluding ortho intramolecular Hbond substituents is 1. The van der Waals surface area contributed by atoms with Gasteiger partial charge >= 0.3 is 5.97 Å². The molecule has 0 amide bonds. The number of aromatic nitrogens is 2. The van der Waals surface area contributed by atoms with E-state index in [1.165, 1.54) is 12.1 Å². The molecule has 2 aliphatic rings. The van der Waals surface area contributed by atoms with E-state index >= 15 is 0 Å². The summed E-state index contributed by atoms with van der Waals surface area (Å²) in [6.45, 7) is 1.87. The highest BCUT2D eigenvalue weighted by Gasteiger charge is 2.39. The molecule has 1 aliphatic carbocycles. The average Bonchev–Trinajstić information content (AvgIpc) is 3.73. The zero-order valence-electron chi connectivity index (χ0n) is 24.2. The molecule has 5 N–H and O–H groups in total. The number of thioether (sulfide) groups is 1. The quantitative estimate of drug-likeness (QED) is 0.118. The monoisotopic (exact) mass is 636 g/mol. The average molecular weight is 637 g/mol. The summed E-state index contributed by atoms with van der Waals surface area (Å²) in [7, 11) is 0. The Balaban J connectivity index is 1.46. The molecule has 2 aromatic carbocycles. The number of aromatic hydroxyl groups is 1. The van der Waals surface area contributed by atoms with Gasteiger partial charge in [0.15, 0.2) is 11.6 Å². The fraction of sp³-hybridized carbons (Fsp3) is 0.344. The minimum absolute atomic E-state index is 0.0793. The number of halogens is 2. The van der Waals surface area contributed by atoms with Crippen LogP contribution in [0.2, 0.25) is 5.02 Å². The van der Waals surface area contributed by atoms with E-state index < -0.39 is 23.6 Å². The van der Waals surface area contributed by atoms with Crippen molar-refractivity contribution in [3.05, 3.63) is 65.7 Å². The number of aliphatic carboxylic acids is 1. The molecule has 1 saturated carbocycles. The third-order valence-electron chi connectivity index (χ3n) is 8.08. The van der Waals surface area contributed by atoms with E-state index in [4.69, 9.17) is 16.6 Å². The van der Waals surface area contributed by atoms with Gasteiger partial charge in [-0.1, -0.05) is 17.7 Å². The number of carbonyl (C=O) groups is 1. The summed E-state index contributed by atoms with van der Waals surface area (Å²) in [4.78, 5) is 24.0. The van der Waals surface area contributed by atoms with Crippen LogP contribution < -0.4 is 20.9 Å². The SMILES string of the molecule is CSCC[C@@H](C(=O)O)N(c1cnc2ccc(-c3cc(F)c(O)c(Cl)c3)cc2c1Nc1ccc(NC2CCNC2)nc1)C1CC1. The Labute approximate surface area is 264 Å². The second kappa shape index (κ2) is 13.1. The number of nitrogens with zero attached hydrogens (tertiary/aromatic N) is 3. The van der Waals surface area contributed by atoms with E-state index in [1.54, 1.807) is 24.2 Å². The lowest BCUT2D eigenvalue weighted by molar-refractivity contribution is -0.138. The Morgan fingerprint density at radius 1 is 1.16 bits per heavy atom. The van der Waals surface area contributed by atoms with Gasteiger partial charge in [-0.3, -0.25) is 4.98 Å². The molecule has 0 bridgehead atoms. The fourth-order valence-electron chi connectivity index (χ4n) is 5.69. The van der Waals surface area contributed by atoms with Gasteiger partial charge in [0, 0.05) is 24.0 Å². The topological polar surface area (TPSA) is 123 Å². The Kier molecular flexibility index (Phi) is 8.97. The molecule has 44 heavy (non-hydrogen) atoms. The Morgan fingerprint density at radius 2 is 2.00 bits per heavy atom. The number of phenols is 1. The molecule has 2 atom stereocenters. The van der Waals surface area contributed by atoms with Crippen LogP contribution in [0.1, 0.15) is 25.7 Å². The molecule has 4 aromatic rings. The van der Waals surface area contributed by atoms with Gasteiger partial charge in [-0.15, -0.1) is 0 Å². The van der Waals surface area contributed by atoms with Crippen LogP contribution in [0.5, 0.6) is 5.75 Å². The molecule has 2 fully saturated rings. The fourth-order valence-corrected chi connectivity index (χ4v) is 6.36.